The number of halogens is 1. The third kappa shape index (κ3) is 3.92. The van der Waals surface area contributed by atoms with Gasteiger partial charge in [-0.15, -0.1) is 0 Å². The van der Waals surface area contributed by atoms with Crippen molar-refractivity contribution in [2.45, 2.75) is 26.2 Å². The first-order valence-corrected chi connectivity index (χ1v) is 5.79. The Balaban J connectivity index is 2.95. The van der Waals surface area contributed by atoms with Crippen molar-refractivity contribution in [3.8, 4) is 5.75 Å². The lowest BCUT2D eigenvalue weighted by atomic mass is 10.0. The van der Waals surface area contributed by atoms with Crippen molar-refractivity contribution in [3.63, 3.8) is 0 Å². The van der Waals surface area contributed by atoms with Gasteiger partial charge in [0.1, 0.15) is 5.75 Å². The molecule has 98 valence electrons. The molecule has 1 amide bonds. The lowest BCUT2D eigenvalue weighted by Crippen LogP contribution is -2.09. The van der Waals surface area contributed by atoms with Gasteiger partial charge in [0.2, 0.25) is 5.91 Å². The second-order valence-corrected chi connectivity index (χ2v) is 4.26. The van der Waals surface area contributed by atoms with Crippen molar-refractivity contribution in [3.05, 3.63) is 22.7 Å². The van der Waals surface area contributed by atoms with E-state index in [0.29, 0.717) is 23.4 Å². The minimum absolute atomic E-state index is 0.00545. The largest absolute Gasteiger partial charge is 0.506 e. The van der Waals surface area contributed by atoms with Crippen molar-refractivity contribution >= 4 is 29.2 Å². The number of phenolic OH excluding ortho intramolecular Hbond substituents is 1. The summed E-state index contributed by atoms with van der Waals surface area (Å²) >= 11 is 5.99. The number of anilines is 1. The molecule has 18 heavy (non-hydrogen) atoms. The van der Waals surface area contributed by atoms with Gasteiger partial charge >= 0.3 is 5.97 Å². The SMILES string of the molecule is CC(=O)Nc1c(O)ccc(Cl)c1CCCC(=O)O. The highest BCUT2D eigenvalue weighted by molar-refractivity contribution is 6.32. The molecule has 6 heteroatoms. The van der Waals surface area contributed by atoms with E-state index in [1.54, 1.807) is 0 Å². The Hall–Kier alpha value is -1.75. The number of nitrogens with one attached hydrogen (secondary N) is 1. The topological polar surface area (TPSA) is 86.6 Å². The molecule has 0 aliphatic rings. The number of carboxylic acid groups (broad SMARTS) is 1. The van der Waals surface area contributed by atoms with E-state index in [-0.39, 0.29) is 23.8 Å². The first kappa shape index (κ1) is 14.3. The molecule has 0 saturated carbocycles. The summed E-state index contributed by atoms with van der Waals surface area (Å²) in [6.45, 7) is 1.32. The Kier molecular flexibility index (Phi) is 4.97. The molecule has 0 saturated heterocycles. The number of hydrogen-bond acceptors (Lipinski definition) is 3. The molecule has 1 aromatic rings. The minimum Gasteiger partial charge on any atom is -0.506 e. The Bertz CT molecular complexity index is 473. The molecule has 1 rings (SSSR count). The Morgan fingerprint density at radius 1 is 1.39 bits per heavy atom. The molecule has 0 unspecified atom stereocenters. The summed E-state index contributed by atoms with van der Waals surface area (Å²) in [4.78, 5) is 21.5. The predicted molar refractivity (Wildman–Crippen MR) is 68.0 cm³/mol. The van der Waals surface area contributed by atoms with Crippen molar-refractivity contribution in [1.29, 1.82) is 0 Å². The van der Waals surface area contributed by atoms with E-state index in [0.717, 1.165) is 0 Å². The highest BCUT2D eigenvalue weighted by Gasteiger charge is 2.13. The fourth-order valence-corrected chi connectivity index (χ4v) is 1.84. The summed E-state index contributed by atoms with van der Waals surface area (Å²) in [5.74, 6) is -1.31. The quantitative estimate of drug-likeness (QED) is 0.718. The molecule has 0 fully saturated rings. The van der Waals surface area contributed by atoms with Crippen LogP contribution in [-0.4, -0.2) is 22.1 Å². The van der Waals surface area contributed by atoms with Crippen LogP contribution in [0, 0.1) is 0 Å². The van der Waals surface area contributed by atoms with Gasteiger partial charge in [0.25, 0.3) is 0 Å². The van der Waals surface area contributed by atoms with Gasteiger partial charge in [-0.2, -0.15) is 0 Å². The standard InChI is InChI=1S/C12H14ClNO4/c1-7(15)14-12-8(3-2-4-11(17)18)9(13)5-6-10(12)16/h5-6,16H,2-4H2,1H3,(H,14,15)(H,17,18). The molecule has 0 bridgehead atoms. The third-order valence-electron chi connectivity index (χ3n) is 2.35. The van der Waals surface area contributed by atoms with Gasteiger partial charge in [-0.3, -0.25) is 9.59 Å². The average Bonchev–Trinajstić information content (AvgIpc) is 2.26. The first-order chi connectivity index (χ1) is 8.41. The molecule has 0 spiro atoms. The van der Waals surface area contributed by atoms with Crippen LogP contribution in [0.2, 0.25) is 5.02 Å². The van der Waals surface area contributed by atoms with Crippen LogP contribution in [0.4, 0.5) is 5.69 Å². The molecule has 1 aromatic carbocycles. The van der Waals surface area contributed by atoms with Gasteiger partial charge < -0.3 is 15.5 Å². The number of carbonyl (C=O) groups is 2. The van der Waals surface area contributed by atoms with E-state index in [9.17, 15) is 14.7 Å². The van der Waals surface area contributed by atoms with Crippen LogP contribution in [0.5, 0.6) is 5.75 Å². The summed E-state index contributed by atoms with van der Waals surface area (Å²) in [5.41, 5.74) is 0.800. The zero-order chi connectivity index (χ0) is 13.7. The summed E-state index contributed by atoms with van der Waals surface area (Å²) < 4.78 is 0. The van der Waals surface area contributed by atoms with Crippen LogP contribution in [0.3, 0.4) is 0 Å². The number of rotatable bonds is 5. The zero-order valence-electron chi connectivity index (χ0n) is 9.86. The maximum atomic E-state index is 11.1. The first-order valence-electron chi connectivity index (χ1n) is 5.41. The minimum atomic E-state index is -0.896. The lowest BCUT2D eigenvalue weighted by Gasteiger charge is -2.13. The molecular formula is C12H14ClNO4. The highest BCUT2D eigenvalue weighted by Crippen LogP contribution is 2.34. The lowest BCUT2D eigenvalue weighted by molar-refractivity contribution is -0.137. The molecule has 0 aromatic heterocycles. The smallest absolute Gasteiger partial charge is 0.303 e. The fourth-order valence-electron chi connectivity index (χ4n) is 1.59. The van der Waals surface area contributed by atoms with Crippen LogP contribution < -0.4 is 5.32 Å². The van der Waals surface area contributed by atoms with E-state index >= 15 is 0 Å². The molecule has 0 heterocycles. The van der Waals surface area contributed by atoms with Gasteiger partial charge in [-0.25, -0.2) is 0 Å². The Morgan fingerprint density at radius 3 is 2.61 bits per heavy atom. The monoisotopic (exact) mass is 271 g/mol. The van der Waals surface area contributed by atoms with E-state index in [2.05, 4.69) is 5.32 Å². The van der Waals surface area contributed by atoms with Crippen molar-refractivity contribution < 1.29 is 19.8 Å². The maximum absolute atomic E-state index is 11.1. The second-order valence-electron chi connectivity index (χ2n) is 3.85. The zero-order valence-corrected chi connectivity index (χ0v) is 10.6. The molecule has 0 radical (unpaired) electrons. The van der Waals surface area contributed by atoms with Crippen molar-refractivity contribution in [2.24, 2.45) is 0 Å². The molecule has 0 aliphatic heterocycles. The highest BCUT2D eigenvalue weighted by atomic mass is 35.5. The Morgan fingerprint density at radius 2 is 2.06 bits per heavy atom. The molecule has 5 nitrogen and oxygen atoms in total. The Labute approximate surface area is 109 Å². The third-order valence-corrected chi connectivity index (χ3v) is 2.71. The van der Waals surface area contributed by atoms with Gasteiger partial charge in [-0.05, 0) is 30.5 Å². The number of amides is 1. The number of aliphatic carboxylic acids is 1. The summed E-state index contributed by atoms with van der Waals surface area (Å²) in [6.07, 6.45) is 0.756. The van der Waals surface area contributed by atoms with E-state index < -0.39 is 5.97 Å². The van der Waals surface area contributed by atoms with E-state index in [4.69, 9.17) is 16.7 Å². The van der Waals surface area contributed by atoms with Crippen molar-refractivity contribution in [2.75, 3.05) is 5.32 Å². The fraction of sp³-hybridized carbons (Fsp3) is 0.333. The van der Waals surface area contributed by atoms with Crippen LogP contribution in [0.25, 0.3) is 0 Å². The summed E-state index contributed by atoms with van der Waals surface area (Å²) in [6, 6.07) is 2.90. The van der Waals surface area contributed by atoms with Gasteiger partial charge in [0.05, 0.1) is 5.69 Å². The van der Waals surface area contributed by atoms with Crippen LogP contribution in [0.1, 0.15) is 25.3 Å². The summed E-state index contributed by atoms with van der Waals surface area (Å²) in [7, 11) is 0. The van der Waals surface area contributed by atoms with Gasteiger partial charge in [-0.1, -0.05) is 11.6 Å². The second kappa shape index (κ2) is 6.26. The average molecular weight is 272 g/mol. The normalized spacial score (nSPS) is 10.1. The number of carbonyl (C=O) groups excluding carboxylic acids is 1. The number of aromatic hydroxyl groups is 1. The van der Waals surface area contributed by atoms with Gasteiger partial charge in [0, 0.05) is 18.4 Å². The van der Waals surface area contributed by atoms with Crippen LogP contribution in [-0.2, 0) is 16.0 Å². The van der Waals surface area contributed by atoms with Crippen molar-refractivity contribution in [1.82, 2.24) is 0 Å². The molecule has 0 aliphatic carbocycles. The molecule has 3 N–H and O–H groups in total. The van der Waals surface area contributed by atoms with Crippen LogP contribution in [0.15, 0.2) is 12.1 Å². The maximum Gasteiger partial charge on any atom is 0.303 e. The van der Waals surface area contributed by atoms with Gasteiger partial charge in [0.15, 0.2) is 0 Å². The van der Waals surface area contributed by atoms with E-state index in [1.807, 2.05) is 0 Å². The van der Waals surface area contributed by atoms with E-state index in [1.165, 1.54) is 19.1 Å². The molecule has 0 atom stereocenters. The number of benzene rings is 1. The number of hydrogen-bond donors (Lipinski definition) is 3. The van der Waals surface area contributed by atoms with Crippen LogP contribution >= 0.6 is 11.6 Å². The number of carboxylic acids is 1. The predicted octanol–water partition coefficient (Wildman–Crippen LogP) is 2.41. The summed E-state index contributed by atoms with van der Waals surface area (Å²) in [5, 5.41) is 21.2. The molecular weight excluding hydrogens is 258 g/mol. The number of phenols is 1.